The molecule has 0 aliphatic carbocycles. The lowest BCUT2D eigenvalue weighted by Crippen LogP contribution is -2.48. The zero-order valence-corrected chi connectivity index (χ0v) is 18.1. The van der Waals surface area contributed by atoms with Crippen LogP contribution in [-0.4, -0.2) is 48.7 Å². The molecule has 0 saturated carbocycles. The van der Waals surface area contributed by atoms with Crippen molar-refractivity contribution in [3.63, 3.8) is 0 Å². The Morgan fingerprint density at radius 2 is 2.10 bits per heavy atom. The number of nitrogens with two attached hydrogens (primary N) is 1. The number of anilines is 1. The van der Waals surface area contributed by atoms with Crippen molar-refractivity contribution in [2.75, 3.05) is 18.5 Å². The van der Waals surface area contributed by atoms with Gasteiger partial charge in [-0.1, -0.05) is 12.8 Å². The molecule has 1 aliphatic rings. The van der Waals surface area contributed by atoms with Crippen LogP contribution in [-0.2, 0) is 10.2 Å². The van der Waals surface area contributed by atoms with Crippen LogP contribution in [0.15, 0.2) is 32.3 Å². The van der Waals surface area contributed by atoms with E-state index in [4.69, 9.17) is 9.77 Å². The molecule has 1 saturated heterocycles. The van der Waals surface area contributed by atoms with Gasteiger partial charge in [0.1, 0.15) is 5.82 Å². The zero-order valence-electron chi connectivity index (χ0n) is 14.8. The van der Waals surface area contributed by atoms with Crippen LogP contribution in [0.2, 0.25) is 0 Å². The largest absolute Gasteiger partial charge is 0.315 e. The summed E-state index contributed by atoms with van der Waals surface area (Å²) >= 11 is 7.16. The van der Waals surface area contributed by atoms with Crippen LogP contribution in [0.3, 0.4) is 0 Å². The molecule has 5 N–H and O–H groups in total. The van der Waals surface area contributed by atoms with E-state index in [0.29, 0.717) is 37.4 Å². The molecular formula is C14H18BrFN8O3S2. The second-order valence-corrected chi connectivity index (χ2v) is 8.57. The van der Waals surface area contributed by atoms with Crippen molar-refractivity contribution in [1.29, 1.82) is 0 Å². The number of piperidine rings is 1. The van der Waals surface area contributed by atoms with Crippen LogP contribution in [0.5, 0.6) is 0 Å². The normalized spacial score (nSPS) is 16.8. The average molecular weight is 509 g/mol. The molecule has 158 valence electrons. The fourth-order valence-corrected chi connectivity index (χ4v) is 3.95. The highest BCUT2D eigenvalue weighted by atomic mass is 79.9. The van der Waals surface area contributed by atoms with E-state index in [2.05, 4.69) is 58.9 Å². The molecule has 1 aromatic heterocycles. The Morgan fingerprint density at radius 3 is 2.72 bits per heavy atom. The van der Waals surface area contributed by atoms with Crippen LogP contribution in [0.4, 0.5) is 15.9 Å². The third-order valence-electron chi connectivity index (χ3n) is 4.05. The van der Waals surface area contributed by atoms with Crippen molar-refractivity contribution in [3.05, 3.63) is 34.2 Å². The van der Waals surface area contributed by atoms with Crippen LogP contribution in [0.25, 0.3) is 0 Å². The quantitative estimate of drug-likeness (QED) is 0.221. The number of aliphatic imine (C=N–C) groups is 1. The summed E-state index contributed by atoms with van der Waals surface area (Å²) in [6, 6.07) is 4.05. The van der Waals surface area contributed by atoms with E-state index >= 15 is 0 Å². The number of benzene rings is 1. The van der Waals surface area contributed by atoms with Crippen molar-refractivity contribution in [2.45, 2.75) is 18.9 Å². The van der Waals surface area contributed by atoms with Gasteiger partial charge in [0.15, 0.2) is 11.5 Å². The van der Waals surface area contributed by atoms with E-state index in [-0.39, 0.29) is 22.0 Å². The highest BCUT2D eigenvalue weighted by molar-refractivity contribution is 9.10. The molecule has 0 radical (unpaired) electrons. The van der Waals surface area contributed by atoms with Gasteiger partial charge in [-0.25, -0.2) is 24.2 Å². The van der Waals surface area contributed by atoms with Crippen molar-refractivity contribution in [1.82, 2.24) is 24.8 Å². The number of amidine groups is 1. The number of aromatic nitrogens is 2. The molecule has 0 bridgehead atoms. The van der Waals surface area contributed by atoms with Gasteiger partial charge in [0.25, 0.3) is 10.2 Å². The van der Waals surface area contributed by atoms with Crippen molar-refractivity contribution < 1.29 is 17.4 Å². The first-order chi connectivity index (χ1) is 13.7. The first-order valence-corrected chi connectivity index (χ1v) is 11.1. The van der Waals surface area contributed by atoms with Crippen LogP contribution in [0.1, 0.15) is 18.5 Å². The second kappa shape index (κ2) is 9.36. The number of hydrogen-bond acceptors (Lipinski definition) is 9. The highest BCUT2D eigenvalue weighted by Crippen LogP contribution is 2.23. The minimum absolute atomic E-state index is 0.230. The summed E-state index contributed by atoms with van der Waals surface area (Å²) in [6.07, 6.45) is 1.11. The molecule has 0 spiro atoms. The number of rotatable bonds is 6. The van der Waals surface area contributed by atoms with E-state index in [0.717, 1.165) is 0 Å². The summed E-state index contributed by atoms with van der Waals surface area (Å²) in [5, 5.41) is 14.5. The fourth-order valence-electron chi connectivity index (χ4n) is 2.72. The molecule has 11 nitrogen and oxygen atoms in total. The van der Waals surface area contributed by atoms with E-state index in [1.165, 1.54) is 18.2 Å². The Balaban J connectivity index is 1.70. The van der Waals surface area contributed by atoms with Crippen molar-refractivity contribution in [3.8, 4) is 0 Å². The molecule has 2 aromatic rings. The molecule has 1 fully saturated rings. The third-order valence-corrected chi connectivity index (χ3v) is 5.53. The predicted octanol–water partition coefficient (Wildman–Crippen LogP) is 1.07. The van der Waals surface area contributed by atoms with Crippen LogP contribution >= 0.6 is 28.7 Å². The first-order valence-electron chi connectivity index (χ1n) is 8.33. The van der Waals surface area contributed by atoms with Gasteiger partial charge in [0, 0.05) is 19.1 Å². The summed E-state index contributed by atoms with van der Waals surface area (Å²) < 4.78 is 45.8. The van der Waals surface area contributed by atoms with Crippen LogP contribution in [0, 0.1) is 5.82 Å². The van der Waals surface area contributed by atoms with E-state index in [9.17, 15) is 12.8 Å². The molecule has 29 heavy (non-hydrogen) atoms. The average Bonchev–Trinajstić information content (AvgIpc) is 3.11. The summed E-state index contributed by atoms with van der Waals surface area (Å²) in [4.78, 5) is 4.35. The van der Waals surface area contributed by atoms with Gasteiger partial charge in [-0.2, -0.15) is 13.1 Å². The predicted molar refractivity (Wildman–Crippen MR) is 111 cm³/mol. The van der Waals surface area contributed by atoms with Gasteiger partial charge in [-0.05, 0) is 57.3 Å². The molecular weight excluding hydrogens is 491 g/mol. The maximum Gasteiger partial charge on any atom is 0.274 e. The van der Waals surface area contributed by atoms with Crippen LogP contribution < -0.4 is 20.0 Å². The Morgan fingerprint density at radius 1 is 1.38 bits per heavy atom. The van der Waals surface area contributed by atoms with Crippen molar-refractivity contribution >= 4 is 56.3 Å². The minimum atomic E-state index is -3.73. The minimum Gasteiger partial charge on any atom is -0.315 e. The van der Waals surface area contributed by atoms with E-state index in [1.54, 1.807) is 0 Å². The molecule has 0 amide bonds. The maximum atomic E-state index is 13.4. The van der Waals surface area contributed by atoms with E-state index in [1.807, 2.05) is 5.01 Å². The Bertz CT molecular complexity index is 994. The summed E-state index contributed by atoms with van der Waals surface area (Å²) in [5.41, 5.74) is 3.79. The standard InChI is InChI=1S/C14H18BrFN8O3S2/c15-10-7-9(1-2-11(10)16)18-13(22-28)12-14(21-27-20-12)19-24-5-3-8(4-6-24)23-29(17,25)26/h1-2,7-8,23,28H,3-6H2,(H,18,22)(H,19,21)(H2,17,25,26). The monoisotopic (exact) mass is 508 g/mol. The number of thiol groups is 1. The lowest BCUT2D eigenvalue weighted by molar-refractivity contribution is 0.241. The fraction of sp³-hybridized carbons (Fsp3) is 0.357. The number of nitrogens with zero attached hydrogens (tertiary/aromatic N) is 4. The van der Waals surface area contributed by atoms with Gasteiger partial charge < -0.3 is 4.72 Å². The second-order valence-electron chi connectivity index (χ2n) is 6.17. The smallest absolute Gasteiger partial charge is 0.274 e. The zero-order chi connectivity index (χ0) is 21.0. The lowest BCUT2D eigenvalue weighted by atomic mass is 10.1. The van der Waals surface area contributed by atoms with Gasteiger partial charge in [0.05, 0.1) is 10.2 Å². The number of nitrogens with one attached hydrogen (secondary N) is 3. The van der Waals surface area contributed by atoms with Gasteiger partial charge in [0.2, 0.25) is 5.82 Å². The Labute approximate surface area is 180 Å². The maximum absolute atomic E-state index is 13.4. The van der Waals surface area contributed by atoms with Gasteiger partial charge in [-0.15, -0.1) is 0 Å². The summed E-state index contributed by atoms with van der Waals surface area (Å²) in [6.45, 7) is 1.07. The number of hydrogen-bond donors (Lipinski definition) is 5. The molecule has 0 unspecified atom stereocenters. The number of hydrazine groups is 1. The molecule has 2 heterocycles. The van der Waals surface area contributed by atoms with Crippen molar-refractivity contribution in [2.24, 2.45) is 10.1 Å². The molecule has 3 rings (SSSR count). The van der Waals surface area contributed by atoms with Gasteiger partial charge >= 0.3 is 0 Å². The van der Waals surface area contributed by atoms with E-state index < -0.39 is 16.0 Å². The highest BCUT2D eigenvalue weighted by Gasteiger charge is 2.24. The Kier molecular flexibility index (Phi) is 7.07. The lowest BCUT2D eigenvalue weighted by Gasteiger charge is -2.31. The Hall–Kier alpha value is -1.78. The SMILES string of the molecule is NS(=O)(=O)NC1CCN(Nc2nonc2C(=Nc2ccc(F)c(Br)c2)NS)CC1. The number of halogens is 2. The molecule has 15 heteroatoms. The first kappa shape index (κ1) is 21.9. The topological polar surface area (TPSA) is 151 Å². The summed E-state index contributed by atoms with van der Waals surface area (Å²) in [5.74, 6) is 0.126. The molecule has 1 aromatic carbocycles. The molecule has 0 atom stereocenters. The van der Waals surface area contributed by atoms with Gasteiger partial charge in [-0.3, -0.25) is 5.43 Å². The third kappa shape index (κ3) is 6.10. The molecule has 1 aliphatic heterocycles. The summed E-state index contributed by atoms with van der Waals surface area (Å²) in [7, 11) is -3.73.